The third-order valence-corrected chi connectivity index (χ3v) is 2.39. The maximum Gasteiger partial charge on any atom is 0.312 e. The quantitative estimate of drug-likeness (QED) is 0.826. The Morgan fingerprint density at radius 2 is 2.12 bits per heavy atom. The summed E-state index contributed by atoms with van der Waals surface area (Å²) >= 11 is 0. The van der Waals surface area contributed by atoms with Crippen LogP contribution in [0.25, 0.3) is 0 Å². The molecule has 0 aliphatic rings. The first kappa shape index (κ1) is 13.5. The lowest BCUT2D eigenvalue weighted by Gasteiger charge is -2.19. The number of ether oxygens (including phenoxy) is 2. The van der Waals surface area contributed by atoms with Gasteiger partial charge in [0.2, 0.25) is 0 Å². The van der Waals surface area contributed by atoms with E-state index in [9.17, 15) is 4.79 Å². The Morgan fingerprint density at radius 3 is 2.71 bits per heavy atom. The van der Waals surface area contributed by atoms with E-state index in [1.165, 1.54) is 0 Å². The van der Waals surface area contributed by atoms with Crippen LogP contribution in [0, 0.1) is 5.41 Å². The molecule has 0 aliphatic heterocycles. The van der Waals surface area contributed by atoms with Crippen molar-refractivity contribution in [1.82, 2.24) is 0 Å². The summed E-state index contributed by atoms with van der Waals surface area (Å²) in [5, 5.41) is 8.96. The predicted molar refractivity (Wildman–Crippen MR) is 64.1 cm³/mol. The largest absolute Gasteiger partial charge is 0.492 e. The molecule has 0 saturated heterocycles. The predicted octanol–water partition coefficient (Wildman–Crippen LogP) is 2.32. The van der Waals surface area contributed by atoms with E-state index < -0.39 is 11.4 Å². The Morgan fingerprint density at radius 1 is 1.41 bits per heavy atom. The fourth-order valence-corrected chi connectivity index (χ4v) is 1.22. The van der Waals surface area contributed by atoms with E-state index in [4.69, 9.17) is 14.6 Å². The van der Waals surface area contributed by atoms with Gasteiger partial charge in [0.1, 0.15) is 12.4 Å². The molecule has 0 spiro atoms. The van der Waals surface area contributed by atoms with Crippen LogP contribution in [0.5, 0.6) is 5.75 Å². The molecule has 0 radical (unpaired) electrons. The van der Waals surface area contributed by atoms with E-state index >= 15 is 0 Å². The third-order valence-electron chi connectivity index (χ3n) is 2.39. The van der Waals surface area contributed by atoms with Crippen LogP contribution in [0.1, 0.15) is 19.4 Å². The molecule has 4 nitrogen and oxygen atoms in total. The Labute approximate surface area is 101 Å². The highest BCUT2D eigenvalue weighted by molar-refractivity contribution is 5.73. The molecule has 17 heavy (non-hydrogen) atoms. The number of hydrogen-bond donors (Lipinski definition) is 1. The minimum Gasteiger partial charge on any atom is -0.492 e. The molecule has 1 N–H and O–H groups in total. The van der Waals surface area contributed by atoms with Gasteiger partial charge in [0, 0.05) is 7.11 Å². The minimum absolute atomic E-state index is 0.138. The van der Waals surface area contributed by atoms with E-state index in [0.29, 0.717) is 12.4 Å². The average molecular weight is 238 g/mol. The highest BCUT2D eigenvalue weighted by atomic mass is 16.5. The molecule has 0 aromatic heterocycles. The van der Waals surface area contributed by atoms with Crippen molar-refractivity contribution in [2.24, 2.45) is 5.41 Å². The lowest BCUT2D eigenvalue weighted by Crippen LogP contribution is -2.30. The van der Waals surface area contributed by atoms with E-state index in [-0.39, 0.29) is 6.61 Å². The van der Waals surface area contributed by atoms with Gasteiger partial charge in [-0.15, -0.1) is 0 Å². The number of hydrogen-bond acceptors (Lipinski definition) is 3. The van der Waals surface area contributed by atoms with E-state index in [1.54, 1.807) is 27.0 Å². The Balaban J connectivity index is 2.63. The van der Waals surface area contributed by atoms with Crippen LogP contribution in [0.3, 0.4) is 0 Å². The highest BCUT2D eigenvalue weighted by Gasteiger charge is 2.28. The van der Waals surface area contributed by atoms with Gasteiger partial charge in [0.25, 0.3) is 0 Å². The average Bonchev–Trinajstić information content (AvgIpc) is 2.27. The van der Waals surface area contributed by atoms with Crippen molar-refractivity contribution in [3.05, 3.63) is 29.8 Å². The van der Waals surface area contributed by atoms with Gasteiger partial charge in [-0.2, -0.15) is 0 Å². The van der Waals surface area contributed by atoms with Gasteiger partial charge in [-0.1, -0.05) is 12.1 Å². The van der Waals surface area contributed by atoms with Crippen LogP contribution in [-0.2, 0) is 16.1 Å². The molecule has 0 saturated carbocycles. The molecule has 4 heteroatoms. The number of carboxylic acids is 1. The van der Waals surface area contributed by atoms with Crippen LogP contribution in [0.15, 0.2) is 24.3 Å². The molecular formula is C13H18O4. The Bertz CT molecular complexity index is 385. The van der Waals surface area contributed by atoms with Crippen molar-refractivity contribution in [3.8, 4) is 5.75 Å². The summed E-state index contributed by atoms with van der Waals surface area (Å²) in [7, 11) is 1.63. The second kappa shape index (κ2) is 5.68. The second-order valence-electron chi connectivity index (χ2n) is 4.56. The maximum absolute atomic E-state index is 10.9. The molecule has 0 aliphatic carbocycles. The molecular weight excluding hydrogens is 220 g/mol. The SMILES string of the molecule is COCc1cccc(OCC(C)(C)C(=O)O)c1. The van der Waals surface area contributed by atoms with Gasteiger partial charge in [0.15, 0.2) is 0 Å². The Kier molecular flexibility index (Phi) is 4.52. The minimum atomic E-state index is -0.892. The van der Waals surface area contributed by atoms with E-state index in [1.807, 2.05) is 18.2 Å². The molecule has 0 heterocycles. The summed E-state index contributed by atoms with van der Waals surface area (Å²) in [5.74, 6) is -0.209. The molecule has 94 valence electrons. The molecule has 1 aromatic carbocycles. The van der Waals surface area contributed by atoms with Crippen molar-refractivity contribution in [2.75, 3.05) is 13.7 Å². The summed E-state index contributed by atoms with van der Waals surface area (Å²) in [4.78, 5) is 10.9. The molecule has 0 atom stereocenters. The zero-order valence-electron chi connectivity index (χ0n) is 10.4. The first-order valence-corrected chi connectivity index (χ1v) is 5.40. The van der Waals surface area contributed by atoms with Crippen LogP contribution in [0.2, 0.25) is 0 Å². The molecule has 0 fully saturated rings. The van der Waals surface area contributed by atoms with Crippen LogP contribution >= 0.6 is 0 Å². The first-order chi connectivity index (χ1) is 7.95. The van der Waals surface area contributed by atoms with Gasteiger partial charge < -0.3 is 14.6 Å². The van der Waals surface area contributed by atoms with Gasteiger partial charge >= 0.3 is 5.97 Å². The van der Waals surface area contributed by atoms with E-state index in [2.05, 4.69) is 0 Å². The highest BCUT2D eigenvalue weighted by Crippen LogP contribution is 2.20. The fraction of sp³-hybridized carbons (Fsp3) is 0.462. The zero-order valence-corrected chi connectivity index (χ0v) is 10.4. The number of carboxylic acid groups (broad SMARTS) is 1. The molecule has 0 amide bonds. The van der Waals surface area contributed by atoms with Crippen LogP contribution in [0.4, 0.5) is 0 Å². The molecule has 0 bridgehead atoms. The first-order valence-electron chi connectivity index (χ1n) is 5.40. The monoisotopic (exact) mass is 238 g/mol. The van der Waals surface area contributed by atoms with Gasteiger partial charge in [-0.3, -0.25) is 4.79 Å². The number of aliphatic carboxylic acids is 1. The summed E-state index contributed by atoms with van der Waals surface area (Å²) < 4.78 is 10.5. The summed E-state index contributed by atoms with van der Waals surface area (Å²) in [6, 6.07) is 7.44. The lowest BCUT2D eigenvalue weighted by molar-refractivity contribution is -0.148. The third kappa shape index (κ3) is 4.07. The van der Waals surface area contributed by atoms with Crippen molar-refractivity contribution < 1.29 is 19.4 Å². The standard InChI is InChI=1S/C13H18O4/c1-13(2,12(14)15)9-17-11-6-4-5-10(7-11)8-16-3/h4-7H,8-9H2,1-3H3,(H,14,15). The van der Waals surface area contributed by atoms with Crippen molar-refractivity contribution in [3.63, 3.8) is 0 Å². The topological polar surface area (TPSA) is 55.8 Å². The van der Waals surface area contributed by atoms with Gasteiger partial charge in [0.05, 0.1) is 12.0 Å². The number of rotatable bonds is 6. The van der Waals surface area contributed by atoms with Gasteiger partial charge in [-0.05, 0) is 31.5 Å². The maximum atomic E-state index is 10.9. The second-order valence-corrected chi connectivity index (χ2v) is 4.56. The molecule has 1 rings (SSSR count). The summed E-state index contributed by atoms with van der Waals surface area (Å²) in [6.45, 7) is 3.92. The van der Waals surface area contributed by atoms with Crippen molar-refractivity contribution in [1.29, 1.82) is 0 Å². The fourth-order valence-electron chi connectivity index (χ4n) is 1.22. The summed E-state index contributed by atoms with van der Waals surface area (Å²) in [5.41, 5.74) is 0.107. The van der Waals surface area contributed by atoms with Crippen molar-refractivity contribution in [2.45, 2.75) is 20.5 Å². The summed E-state index contributed by atoms with van der Waals surface area (Å²) in [6.07, 6.45) is 0. The van der Waals surface area contributed by atoms with Gasteiger partial charge in [-0.25, -0.2) is 0 Å². The van der Waals surface area contributed by atoms with Crippen LogP contribution in [-0.4, -0.2) is 24.8 Å². The lowest BCUT2D eigenvalue weighted by atomic mass is 9.95. The number of methoxy groups -OCH3 is 1. The Hall–Kier alpha value is -1.55. The molecule has 0 unspecified atom stereocenters. The van der Waals surface area contributed by atoms with E-state index in [0.717, 1.165) is 5.56 Å². The van der Waals surface area contributed by atoms with Crippen molar-refractivity contribution >= 4 is 5.97 Å². The number of benzene rings is 1. The smallest absolute Gasteiger partial charge is 0.312 e. The molecule has 1 aromatic rings. The normalized spacial score (nSPS) is 11.2. The van der Waals surface area contributed by atoms with Crippen LogP contribution < -0.4 is 4.74 Å². The zero-order chi connectivity index (χ0) is 12.9. The number of carbonyl (C=O) groups is 1.